The minimum absolute atomic E-state index is 0.217. The summed E-state index contributed by atoms with van der Waals surface area (Å²) < 4.78 is 0. The Labute approximate surface area is 109 Å². The van der Waals surface area contributed by atoms with Gasteiger partial charge in [-0.2, -0.15) is 0 Å². The molecule has 96 valence electrons. The van der Waals surface area contributed by atoms with E-state index in [0.717, 1.165) is 5.92 Å². The molecule has 1 aromatic rings. The Bertz CT molecular complexity index is 341. The maximum Gasteiger partial charge on any atom is 0.0910 e. The van der Waals surface area contributed by atoms with Gasteiger partial charge in [-0.25, -0.2) is 0 Å². The van der Waals surface area contributed by atoms with Gasteiger partial charge in [0.2, 0.25) is 0 Å². The van der Waals surface area contributed by atoms with Crippen LogP contribution in [0.3, 0.4) is 0 Å². The molecule has 1 N–H and O–H groups in total. The average molecular weight is 252 g/mol. The van der Waals surface area contributed by atoms with Crippen LogP contribution in [0.2, 0.25) is 0 Å². The van der Waals surface area contributed by atoms with Crippen LogP contribution < -0.4 is 0 Å². The number of aliphatic hydroxyl groups is 1. The summed E-state index contributed by atoms with van der Waals surface area (Å²) in [6, 6.07) is 2.18. The molecule has 1 heterocycles. The standard InChI is InChI=1S/C15H24OS/c1-4-12-5-7-13(8-6-12)15(16)14-9-10(2)11(3)17-14/h9,12-13,15-16H,4-8H2,1-3H3. The monoisotopic (exact) mass is 252 g/mol. The van der Waals surface area contributed by atoms with Crippen LogP contribution in [0.1, 0.15) is 60.4 Å². The van der Waals surface area contributed by atoms with Gasteiger partial charge >= 0.3 is 0 Å². The van der Waals surface area contributed by atoms with Crippen molar-refractivity contribution in [3.8, 4) is 0 Å². The van der Waals surface area contributed by atoms with Gasteiger partial charge in [0, 0.05) is 9.75 Å². The molecule has 1 aliphatic rings. The summed E-state index contributed by atoms with van der Waals surface area (Å²) >= 11 is 1.77. The minimum Gasteiger partial charge on any atom is -0.387 e. The lowest BCUT2D eigenvalue weighted by Gasteiger charge is -2.30. The van der Waals surface area contributed by atoms with Crippen molar-refractivity contribution in [1.82, 2.24) is 0 Å². The quantitative estimate of drug-likeness (QED) is 0.832. The summed E-state index contributed by atoms with van der Waals surface area (Å²) in [4.78, 5) is 2.53. The van der Waals surface area contributed by atoms with E-state index in [1.165, 1.54) is 47.4 Å². The van der Waals surface area contributed by atoms with E-state index in [4.69, 9.17) is 0 Å². The van der Waals surface area contributed by atoms with Gasteiger partial charge in [-0.05, 0) is 50.2 Å². The number of hydrogen-bond donors (Lipinski definition) is 1. The van der Waals surface area contributed by atoms with E-state index in [-0.39, 0.29) is 6.10 Å². The van der Waals surface area contributed by atoms with E-state index >= 15 is 0 Å². The molecule has 1 aromatic heterocycles. The highest BCUT2D eigenvalue weighted by Gasteiger charge is 2.27. The zero-order valence-corrected chi connectivity index (χ0v) is 12.0. The smallest absolute Gasteiger partial charge is 0.0910 e. The average Bonchev–Trinajstić information content (AvgIpc) is 2.69. The molecule has 0 saturated heterocycles. The number of thiophene rings is 1. The lowest BCUT2D eigenvalue weighted by molar-refractivity contribution is 0.0757. The van der Waals surface area contributed by atoms with Gasteiger partial charge in [0.25, 0.3) is 0 Å². The van der Waals surface area contributed by atoms with Crippen LogP contribution in [0.15, 0.2) is 6.07 Å². The van der Waals surface area contributed by atoms with Gasteiger partial charge in [-0.3, -0.25) is 0 Å². The minimum atomic E-state index is -0.217. The molecule has 0 bridgehead atoms. The van der Waals surface area contributed by atoms with Crippen molar-refractivity contribution in [3.05, 3.63) is 21.4 Å². The topological polar surface area (TPSA) is 20.2 Å². The molecule has 0 amide bonds. The van der Waals surface area contributed by atoms with E-state index in [1.54, 1.807) is 11.3 Å². The van der Waals surface area contributed by atoms with Gasteiger partial charge in [0.05, 0.1) is 6.10 Å². The summed E-state index contributed by atoms with van der Waals surface area (Å²) in [5.74, 6) is 1.40. The van der Waals surface area contributed by atoms with Crippen molar-refractivity contribution in [2.45, 2.75) is 59.0 Å². The lowest BCUT2D eigenvalue weighted by Crippen LogP contribution is -2.19. The van der Waals surface area contributed by atoms with Crippen molar-refractivity contribution in [1.29, 1.82) is 0 Å². The Morgan fingerprint density at radius 1 is 1.29 bits per heavy atom. The second kappa shape index (κ2) is 5.53. The summed E-state index contributed by atoms with van der Waals surface area (Å²) in [6.07, 6.45) is 6.11. The molecular formula is C15H24OS. The molecule has 0 spiro atoms. The molecule has 0 aromatic carbocycles. The van der Waals surface area contributed by atoms with Crippen LogP contribution in [-0.2, 0) is 0 Å². The van der Waals surface area contributed by atoms with Crippen molar-refractivity contribution in [2.24, 2.45) is 11.8 Å². The third kappa shape index (κ3) is 2.92. The van der Waals surface area contributed by atoms with Gasteiger partial charge in [-0.1, -0.05) is 26.2 Å². The van der Waals surface area contributed by atoms with Crippen LogP contribution in [0.4, 0.5) is 0 Å². The van der Waals surface area contributed by atoms with Crippen LogP contribution in [-0.4, -0.2) is 5.11 Å². The first kappa shape index (κ1) is 13.1. The summed E-state index contributed by atoms with van der Waals surface area (Å²) in [7, 11) is 0. The van der Waals surface area contributed by atoms with Gasteiger partial charge in [0.15, 0.2) is 0 Å². The van der Waals surface area contributed by atoms with Crippen molar-refractivity contribution >= 4 is 11.3 Å². The summed E-state index contributed by atoms with van der Waals surface area (Å²) in [5, 5.41) is 10.5. The maximum absolute atomic E-state index is 10.5. The molecule has 1 nitrogen and oxygen atoms in total. The molecule has 0 radical (unpaired) electrons. The summed E-state index contributed by atoms with van der Waals surface area (Å²) in [6.45, 7) is 6.56. The summed E-state index contributed by atoms with van der Waals surface area (Å²) in [5.41, 5.74) is 1.33. The Hall–Kier alpha value is -0.340. The zero-order valence-electron chi connectivity index (χ0n) is 11.2. The predicted octanol–water partition coefficient (Wildman–Crippen LogP) is 4.61. The molecule has 1 aliphatic carbocycles. The SMILES string of the molecule is CCC1CCC(C(O)c2cc(C)c(C)s2)CC1. The largest absolute Gasteiger partial charge is 0.387 e. The Balaban J connectivity index is 1.99. The fourth-order valence-corrected chi connectivity index (χ4v) is 4.01. The second-order valence-corrected chi connectivity index (χ2v) is 6.81. The van der Waals surface area contributed by atoms with E-state index in [0.29, 0.717) is 5.92 Å². The Kier molecular flexibility index (Phi) is 4.26. The molecule has 2 heteroatoms. The van der Waals surface area contributed by atoms with E-state index < -0.39 is 0 Å². The molecule has 1 unspecified atom stereocenters. The third-order valence-corrected chi connectivity index (χ3v) is 5.62. The third-order valence-electron chi connectivity index (χ3n) is 4.39. The predicted molar refractivity (Wildman–Crippen MR) is 74.5 cm³/mol. The lowest BCUT2D eigenvalue weighted by atomic mass is 9.78. The normalized spacial score (nSPS) is 27.1. The Morgan fingerprint density at radius 2 is 1.94 bits per heavy atom. The molecule has 2 rings (SSSR count). The zero-order chi connectivity index (χ0) is 12.4. The molecule has 1 saturated carbocycles. The fourth-order valence-electron chi connectivity index (χ4n) is 2.89. The first-order valence-corrected chi connectivity index (χ1v) is 7.68. The first-order chi connectivity index (χ1) is 8.11. The van der Waals surface area contributed by atoms with E-state index in [1.807, 2.05) is 0 Å². The van der Waals surface area contributed by atoms with Crippen molar-refractivity contribution in [2.75, 3.05) is 0 Å². The molecule has 0 aliphatic heterocycles. The van der Waals surface area contributed by atoms with Crippen LogP contribution >= 0.6 is 11.3 Å². The number of aliphatic hydroxyl groups excluding tert-OH is 1. The number of hydrogen-bond acceptors (Lipinski definition) is 2. The van der Waals surface area contributed by atoms with Crippen LogP contribution in [0.5, 0.6) is 0 Å². The highest BCUT2D eigenvalue weighted by atomic mass is 32.1. The number of rotatable bonds is 3. The molecular weight excluding hydrogens is 228 g/mol. The molecule has 1 atom stereocenters. The maximum atomic E-state index is 10.5. The van der Waals surface area contributed by atoms with Crippen LogP contribution in [0.25, 0.3) is 0 Å². The van der Waals surface area contributed by atoms with Gasteiger partial charge in [-0.15, -0.1) is 11.3 Å². The fraction of sp³-hybridized carbons (Fsp3) is 0.733. The Morgan fingerprint density at radius 3 is 2.41 bits per heavy atom. The first-order valence-electron chi connectivity index (χ1n) is 6.86. The van der Waals surface area contributed by atoms with E-state index in [2.05, 4.69) is 26.8 Å². The van der Waals surface area contributed by atoms with Gasteiger partial charge in [0.1, 0.15) is 0 Å². The van der Waals surface area contributed by atoms with Gasteiger partial charge < -0.3 is 5.11 Å². The molecule has 17 heavy (non-hydrogen) atoms. The van der Waals surface area contributed by atoms with Crippen molar-refractivity contribution < 1.29 is 5.11 Å². The van der Waals surface area contributed by atoms with Crippen LogP contribution in [0, 0.1) is 25.7 Å². The highest BCUT2D eigenvalue weighted by Crippen LogP contribution is 2.40. The van der Waals surface area contributed by atoms with E-state index in [9.17, 15) is 5.11 Å². The molecule has 1 fully saturated rings. The highest BCUT2D eigenvalue weighted by molar-refractivity contribution is 7.12. The number of aryl methyl sites for hydroxylation is 2. The second-order valence-electron chi connectivity index (χ2n) is 5.52. The van der Waals surface area contributed by atoms with Crippen molar-refractivity contribution in [3.63, 3.8) is 0 Å².